The van der Waals surface area contributed by atoms with Crippen LogP contribution in [0.1, 0.15) is 13.3 Å². The average molecular weight is 195 g/mol. The van der Waals surface area contributed by atoms with Crippen molar-refractivity contribution in [2.45, 2.75) is 13.3 Å². The molecular weight excluding hydrogens is 181 g/mol. The zero-order valence-corrected chi connectivity index (χ0v) is 7.98. The molecule has 0 amide bonds. The van der Waals surface area contributed by atoms with Crippen molar-refractivity contribution in [1.82, 2.24) is 4.31 Å². The molecule has 0 unspecified atom stereocenters. The van der Waals surface area contributed by atoms with Gasteiger partial charge in [0.1, 0.15) is 0 Å². The highest BCUT2D eigenvalue weighted by Crippen LogP contribution is 2.19. The maximum absolute atomic E-state index is 12.1. The van der Waals surface area contributed by atoms with E-state index in [9.17, 15) is 12.8 Å². The van der Waals surface area contributed by atoms with E-state index in [1.54, 1.807) is 6.92 Å². The van der Waals surface area contributed by atoms with Gasteiger partial charge in [-0.05, 0) is 13.3 Å². The summed E-state index contributed by atoms with van der Waals surface area (Å²) in [5.74, 6) is 0.0396. The molecule has 1 saturated heterocycles. The molecule has 0 radical (unpaired) electrons. The Labute approximate surface area is 72.6 Å². The fourth-order valence-corrected chi connectivity index (χ4v) is 2.54. The van der Waals surface area contributed by atoms with Gasteiger partial charge in [-0.1, -0.05) is 0 Å². The minimum absolute atomic E-state index is 0.0775. The van der Waals surface area contributed by atoms with Gasteiger partial charge < -0.3 is 0 Å². The molecule has 0 saturated carbocycles. The van der Waals surface area contributed by atoms with Crippen LogP contribution in [0.15, 0.2) is 0 Å². The van der Waals surface area contributed by atoms with Crippen molar-refractivity contribution in [3.05, 3.63) is 0 Å². The van der Waals surface area contributed by atoms with Gasteiger partial charge in [0.2, 0.25) is 10.0 Å². The van der Waals surface area contributed by atoms with Gasteiger partial charge in [-0.2, -0.15) is 0 Å². The molecule has 0 spiro atoms. The Kier molecular flexibility index (Phi) is 3.06. The summed E-state index contributed by atoms with van der Waals surface area (Å²) < 4.78 is 36.1. The molecule has 0 aromatic heterocycles. The van der Waals surface area contributed by atoms with Crippen LogP contribution in [-0.4, -0.2) is 38.2 Å². The molecule has 1 aliphatic rings. The zero-order chi connectivity index (χ0) is 9.19. The summed E-state index contributed by atoms with van der Waals surface area (Å²) in [6.07, 6.45) is 0.662. The lowest BCUT2D eigenvalue weighted by molar-refractivity contribution is 0.366. The van der Waals surface area contributed by atoms with Crippen LogP contribution in [0.3, 0.4) is 0 Å². The summed E-state index contributed by atoms with van der Waals surface area (Å²) in [6, 6.07) is 0. The summed E-state index contributed by atoms with van der Waals surface area (Å²) in [5.41, 5.74) is 0. The van der Waals surface area contributed by atoms with Crippen molar-refractivity contribution in [2.75, 3.05) is 25.5 Å². The van der Waals surface area contributed by atoms with E-state index < -0.39 is 16.7 Å². The lowest BCUT2D eigenvalue weighted by Crippen LogP contribution is -2.30. The Morgan fingerprint density at radius 2 is 2.25 bits per heavy atom. The number of hydrogen-bond donors (Lipinski definition) is 0. The molecule has 5 heteroatoms. The Bertz CT molecular complexity index is 240. The summed E-state index contributed by atoms with van der Waals surface area (Å²) in [6.45, 7) is 2.06. The van der Waals surface area contributed by atoms with Gasteiger partial charge in [-0.3, -0.25) is 4.39 Å². The first kappa shape index (κ1) is 9.92. The molecule has 72 valence electrons. The Morgan fingerprint density at radius 1 is 1.58 bits per heavy atom. The minimum Gasteiger partial charge on any atom is -0.251 e. The predicted molar refractivity (Wildman–Crippen MR) is 45.1 cm³/mol. The van der Waals surface area contributed by atoms with Gasteiger partial charge in [-0.15, -0.1) is 0 Å². The molecule has 1 heterocycles. The monoisotopic (exact) mass is 195 g/mol. The van der Waals surface area contributed by atoms with Crippen molar-refractivity contribution in [1.29, 1.82) is 0 Å². The molecular formula is C7H14FNO2S. The normalized spacial score (nSPS) is 26.3. The second-order valence-corrected chi connectivity index (χ2v) is 5.33. The van der Waals surface area contributed by atoms with E-state index in [4.69, 9.17) is 0 Å². The first-order valence-electron chi connectivity index (χ1n) is 4.14. The van der Waals surface area contributed by atoms with Crippen LogP contribution in [-0.2, 0) is 10.0 Å². The van der Waals surface area contributed by atoms with Crippen molar-refractivity contribution < 1.29 is 12.8 Å². The Morgan fingerprint density at radius 3 is 2.67 bits per heavy atom. The largest absolute Gasteiger partial charge is 0.251 e. The van der Waals surface area contributed by atoms with Crippen LogP contribution in [0, 0.1) is 5.92 Å². The summed E-state index contributed by atoms with van der Waals surface area (Å²) in [4.78, 5) is 0. The third-order valence-corrected chi connectivity index (χ3v) is 4.07. The minimum atomic E-state index is -3.07. The third kappa shape index (κ3) is 1.95. The number of alkyl halides is 1. The summed E-state index contributed by atoms with van der Waals surface area (Å²) >= 11 is 0. The molecule has 0 bridgehead atoms. The van der Waals surface area contributed by atoms with Gasteiger partial charge in [0.15, 0.2) is 0 Å². The molecule has 12 heavy (non-hydrogen) atoms. The number of sulfonamides is 1. The van der Waals surface area contributed by atoms with Crippen LogP contribution in [0.5, 0.6) is 0 Å². The number of rotatable bonds is 3. The highest BCUT2D eigenvalue weighted by molar-refractivity contribution is 7.89. The maximum atomic E-state index is 12.1. The van der Waals surface area contributed by atoms with Crippen LogP contribution in [0.25, 0.3) is 0 Å². The second kappa shape index (κ2) is 3.70. The second-order valence-electron chi connectivity index (χ2n) is 3.07. The SMILES string of the molecule is CCS(=O)(=O)N1CC[C@@H](CF)C1. The van der Waals surface area contributed by atoms with Gasteiger partial charge in [0, 0.05) is 19.0 Å². The van der Waals surface area contributed by atoms with E-state index in [1.165, 1.54) is 4.31 Å². The average Bonchev–Trinajstić information content (AvgIpc) is 2.52. The lowest BCUT2D eigenvalue weighted by Gasteiger charge is -2.13. The van der Waals surface area contributed by atoms with Gasteiger partial charge in [-0.25, -0.2) is 12.7 Å². The maximum Gasteiger partial charge on any atom is 0.213 e. The zero-order valence-electron chi connectivity index (χ0n) is 7.16. The van der Waals surface area contributed by atoms with Crippen LogP contribution < -0.4 is 0 Å². The van der Waals surface area contributed by atoms with Crippen LogP contribution >= 0.6 is 0 Å². The first-order valence-corrected chi connectivity index (χ1v) is 5.75. The van der Waals surface area contributed by atoms with E-state index in [1.807, 2.05) is 0 Å². The molecule has 0 aromatic rings. The standard InChI is InChI=1S/C7H14FNO2S/c1-2-12(10,11)9-4-3-7(5-8)6-9/h7H,2-6H2,1H3/t7-/m0/s1. The molecule has 0 aliphatic carbocycles. The van der Waals surface area contributed by atoms with Gasteiger partial charge in [0.05, 0.1) is 12.4 Å². The van der Waals surface area contributed by atoms with E-state index in [0.29, 0.717) is 19.5 Å². The molecule has 1 atom stereocenters. The van der Waals surface area contributed by atoms with Crippen LogP contribution in [0.4, 0.5) is 4.39 Å². The smallest absolute Gasteiger partial charge is 0.213 e. The van der Waals surface area contributed by atoms with Gasteiger partial charge in [0.25, 0.3) is 0 Å². The topological polar surface area (TPSA) is 37.4 Å². The quantitative estimate of drug-likeness (QED) is 0.662. The van der Waals surface area contributed by atoms with Crippen molar-refractivity contribution in [3.8, 4) is 0 Å². The van der Waals surface area contributed by atoms with E-state index in [2.05, 4.69) is 0 Å². The molecule has 1 rings (SSSR count). The Hall–Kier alpha value is -0.160. The van der Waals surface area contributed by atoms with Gasteiger partial charge >= 0.3 is 0 Å². The van der Waals surface area contributed by atoms with Crippen molar-refractivity contribution >= 4 is 10.0 Å². The first-order chi connectivity index (χ1) is 5.60. The molecule has 1 aliphatic heterocycles. The number of halogens is 1. The fraction of sp³-hybridized carbons (Fsp3) is 1.00. The molecule has 0 aromatic carbocycles. The lowest BCUT2D eigenvalue weighted by atomic mass is 10.1. The van der Waals surface area contributed by atoms with Crippen LogP contribution in [0.2, 0.25) is 0 Å². The molecule has 1 fully saturated rings. The summed E-state index contributed by atoms with van der Waals surface area (Å²) in [5, 5.41) is 0. The highest BCUT2D eigenvalue weighted by Gasteiger charge is 2.29. The number of hydrogen-bond acceptors (Lipinski definition) is 2. The highest BCUT2D eigenvalue weighted by atomic mass is 32.2. The molecule has 3 nitrogen and oxygen atoms in total. The van der Waals surface area contributed by atoms with Crippen molar-refractivity contribution in [3.63, 3.8) is 0 Å². The third-order valence-electron chi connectivity index (χ3n) is 2.22. The number of nitrogens with zero attached hydrogens (tertiary/aromatic N) is 1. The summed E-state index contributed by atoms with van der Waals surface area (Å²) in [7, 11) is -3.07. The predicted octanol–water partition coefficient (Wildman–Crippen LogP) is 0.628. The van der Waals surface area contributed by atoms with E-state index in [0.717, 1.165) is 0 Å². The molecule has 0 N–H and O–H groups in total. The van der Waals surface area contributed by atoms with E-state index >= 15 is 0 Å². The van der Waals surface area contributed by atoms with Crippen molar-refractivity contribution in [2.24, 2.45) is 5.92 Å². The van der Waals surface area contributed by atoms with E-state index in [-0.39, 0.29) is 11.7 Å². The Balaban J connectivity index is 2.58. The fourth-order valence-electron chi connectivity index (χ4n) is 1.36.